The van der Waals surface area contributed by atoms with E-state index < -0.39 is 0 Å². The van der Waals surface area contributed by atoms with Gasteiger partial charge < -0.3 is 9.73 Å². The Hall–Kier alpha value is -1.76. The Bertz CT molecular complexity index is 629. The van der Waals surface area contributed by atoms with Crippen molar-refractivity contribution in [3.05, 3.63) is 23.4 Å². The molecule has 2 aromatic rings. The molecule has 7 heteroatoms. The molecule has 0 radical (unpaired) electrons. The molecule has 0 unspecified atom stereocenters. The van der Waals surface area contributed by atoms with Crippen molar-refractivity contribution < 1.29 is 4.42 Å². The normalized spacial score (nSPS) is 21.5. The van der Waals surface area contributed by atoms with E-state index in [1.54, 1.807) is 0 Å². The van der Waals surface area contributed by atoms with E-state index in [1.807, 2.05) is 4.68 Å². The van der Waals surface area contributed by atoms with Gasteiger partial charge in [0.05, 0.1) is 13.1 Å². The summed E-state index contributed by atoms with van der Waals surface area (Å²) in [5, 5.41) is 16.2. The molecule has 3 heterocycles. The highest BCUT2D eigenvalue weighted by atomic mass is 16.4. The highest BCUT2D eigenvalue weighted by molar-refractivity contribution is 5.01. The number of rotatable bonds is 5. The third-order valence-electron chi connectivity index (χ3n) is 4.17. The Morgan fingerprint density at radius 2 is 2.19 bits per heavy atom. The minimum atomic E-state index is 0.389. The number of aryl methyl sites for hydroxylation is 2. The van der Waals surface area contributed by atoms with E-state index in [-0.39, 0.29) is 0 Å². The minimum absolute atomic E-state index is 0.389. The van der Waals surface area contributed by atoms with E-state index in [0.717, 1.165) is 43.3 Å². The van der Waals surface area contributed by atoms with Crippen molar-refractivity contribution in [1.82, 2.24) is 30.3 Å². The fraction of sp³-hybridized carbons (Fsp3) is 0.714. The molecule has 1 saturated carbocycles. The largest absolute Gasteiger partial charge is 0.424 e. The average Bonchev–Trinajstić information content (AvgIpc) is 3.11. The van der Waals surface area contributed by atoms with Gasteiger partial charge in [-0.2, -0.15) is 5.10 Å². The van der Waals surface area contributed by atoms with Crippen LogP contribution >= 0.6 is 0 Å². The number of aromatic nitrogens is 5. The molecular weight excluding hydrogens is 268 g/mol. The molecule has 21 heavy (non-hydrogen) atoms. The van der Waals surface area contributed by atoms with Gasteiger partial charge in [0.2, 0.25) is 11.8 Å². The molecule has 0 amide bonds. The summed E-state index contributed by atoms with van der Waals surface area (Å²) in [6, 6.07) is 0.389. The van der Waals surface area contributed by atoms with Crippen LogP contribution in [-0.4, -0.2) is 31.0 Å². The lowest BCUT2D eigenvalue weighted by molar-refractivity contribution is 0.337. The monoisotopic (exact) mass is 288 g/mol. The van der Waals surface area contributed by atoms with Crippen LogP contribution in [0, 0.1) is 0 Å². The first-order chi connectivity index (χ1) is 10.3. The van der Waals surface area contributed by atoms with Gasteiger partial charge in [-0.15, -0.1) is 10.2 Å². The predicted molar refractivity (Wildman–Crippen MR) is 74.6 cm³/mol. The van der Waals surface area contributed by atoms with Crippen LogP contribution in [-0.2, 0) is 25.9 Å². The zero-order chi connectivity index (χ0) is 14.2. The van der Waals surface area contributed by atoms with E-state index in [4.69, 9.17) is 4.42 Å². The van der Waals surface area contributed by atoms with Crippen LogP contribution in [0.5, 0.6) is 0 Å². The van der Waals surface area contributed by atoms with Gasteiger partial charge >= 0.3 is 0 Å². The maximum Gasteiger partial charge on any atom is 0.230 e. The Labute approximate surface area is 123 Å². The molecular formula is C14H20N6O. The Balaban J connectivity index is 1.34. The molecule has 4 rings (SSSR count). The summed E-state index contributed by atoms with van der Waals surface area (Å²) in [5.74, 6) is 4.07. The average molecular weight is 288 g/mol. The number of fused-ring (bicyclic) bond motifs is 1. The topological polar surface area (TPSA) is 81.7 Å². The van der Waals surface area contributed by atoms with Crippen LogP contribution in [0.1, 0.15) is 55.5 Å². The SMILES string of the molecule is CCc1nc2n(n1)C[C@@H](NCc1nnc(C3CC3)o1)CC2. The summed E-state index contributed by atoms with van der Waals surface area (Å²) in [5.41, 5.74) is 0. The standard InChI is InChI=1S/C14H20N6O/c1-2-11-16-12-6-5-10(8-20(12)19-11)15-7-13-17-18-14(21-13)9-3-4-9/h9-10,15H,2-8H2,1H3/t10-/m0/s1. The van der Waals surface area contributed by atoms with Crippen LogP contribution < -0.4 is 5.32 Å². The molecule has 1 N–H and O–H groups in total. The molecule has 1 aliphatic heterocycles. The lowest BCUT2D eigenvalue weighted by Crippen LogP contribution is -2.37. The molecule has 7 nitrogen and oxygen atoms in total. The van der Waals surface area contributed by atoms with Gasteiger partial charge in [0.1, 0.15) is 5.82 Å². The van der Waals surface area contributed by atoms with Crippen molar-refractivity contribution in [3.63, 3.8) is 0 Å². The van der Waals surface area contributed by atoms with Crippen LogP contribution in [0.2, 0.25) is 0 Å². The molecule has 0 bridgehead atoms. The van der Waals surface area contributed by atoms with Crippen molar-refractivity contribution in [2.24, 2.45) is 0 Å². The van der Waals surface area contributed by atoms with Gasteiger partial charge in [-0.25, -0.2) is 9.67 Å². The summed E-state index contributed by atoms with van der Waals surface area (Å²) in [7, 11) is 0. The van der Waals surface area contributed by atoms with Gasteiger partial charge in [0.15, 0.2) is 5.82 Å². The quantitative estimate of drug-likeness (QED) is 0.890. The summed E-state index contributed by atoms with van der Waals surface area (Å²) in [4.78, 5) is 4.53. The molecule has 1 atom stereocenters. The lowest BCUT2D eigenvalue weighted by atomic mass is 10.1. The highest BCUT2D eigenvalue weighted by Crippen LogP contribution is 2.38. The van der Waals surface area contributed by atoms with Crippen LogP contribution in [0.3, 0.4) is 0 Å². The molecule has 1 aliphatic carbocycles. The smallest absolute Gasteiger partial charge is 0.230 e. The first-order valence-electron chi connectivity index (χ1n) is 7.80. The van der Waals surface area contributed by atoms with Gasteiger partial charge in [0.25, 0.3) is 0 Å². The number of nitrogens with one attached hydrogen (secondary N) is 1. The molecule has 1 fully saturated rings. The van der Waals surface area contributed by atoms with Crippen LogP contribution in [0.15, 0.2) is 4.42 Å². The maximum absolute atomic E-state index is 5.67. The van der Waals surface area contributed by atoms with Gasteiger partial charge in [-0.3, -0.25) is 0 Å². The number of hydrogen-bond acceptors (Lipinski definition) is 6. The van der Waals surface area contributed by atoms with Crippen molar-refractivity contribution >= 4 is 0 Å². The molecule has 0 spiro atoms. The van der Waals surface area contributed by atoms with E-state index in [1.165, 1.54) is 12.8 Å². The first-order valence-corrected chi connectivity index (χ1v) is 7.80. The Morgan fingerprint density at radius 3 is 3.00 bits per heavy atom. The molecule has 2 aromatic heterocycles. The second-order valence-electron chi connectivity index (χ2n) is 5.90. The van der Waals surface area contributed by atoms with Crippen molar-refractivity contribution in [3.8, 4) is 0 Å². The van der Waals surface area contributed by atoms with E-state index >= 15 is 0 Å². The summed E-state index contributed by atoms with van der Waals surface area (Å²) < 4.78 is 7.70. The van der Waals surface area contributed by atoms with Gasteiger partial charge in [-0.1, -0.05) is 6.92 Å². The fourth-order valence-electron chi connectivity index (χ4n) is 2.74. The number of hydrogen-bond donors (Lipinski definition) is 1. The lowest BCUT2D eigenvalue weighted by Gasteiger charge is -2.22. The van der Waals surface area contributed by atoms with Crippen LogP contribution in [0.25, 0.3) is 0 Å². The summed E-state index contributed by atoms with van der Waals surface area (Å²) in [6.07, 6.45) is 5.32. The maximum atomic E-state index is 5.67. The summed E-state index contributed by atoms with van der Waals surface area (Å²) >= 11 is 0. The van der Waals surface area contributed by atoms with E-state index in [0.29, 0.717) is 24.4 Å². The zero-order valence-corrected chi connectivity index (χ0v) is 12.2. The van der Waals surface area contributed by atoms with E-state index in [9.17, 15) is 0 Å². The third-order valence-corrected chi connectivity index (χ3v) is 4.17. The molecule has 2 aliphatic rings. The minimum Gasteiger partial charge on any atom is -0.424 e. The van der Waals surface area contributed by atoms with Crippen molar-refractivity contribution in [2.45, 2.75) is 64.1 Å². The highest BCUT2D eigenvalue weighted by Gasteiger charge is 2.29. The van der Waals surface area contributed by atoms with Crippen molar-refractivity contribution in [2.75, 3.05) is 0 Å². The second kappa shape index (κ2) is 5.22. The first kappa shape index (κ1) is 12.9. The second-order valence-corrected chi connectivity index (χ2v) is 5.90. The van der Waals surface area contributed by atoms with Crippen LogP contribution in [0.4, 0.5) is 0 Å². The number of nitrogens with zero attached hydrogens (tertiary/aromatic N) is 5. The van der Waals surface area contributed by atoms with Gasteiger partial charge in [0, 0.05) is 24.8 Å². The van der Waals surface area contributed by atoms with Crippen molar-refractivity contribution in [1.29, 1.82) is 0 Å². The molecule has 0 saturated heterocycles. The third kappa shape index (κ3) is 2.70. The Kier molecular flexibility index (Phi) is 3.21. The predicted octanol–water partition coefficient (Wildman–Crippen LogP) is 1.21. The zero-order valence-electron chi connectivity index (χ0n) is 12.2. The molecule has 0 aromatic carbocycles. The van der Waals surface area contributed by atoms with E-state index in [2.05, 4.69) is 32.5 Å². The van der Waals surface area contributed by atoms with Gasteiger partial charge in [-0.05, 0) is 19.3 Å². The fourth-order valence-corrected chi connectivity index (χ4v) is 2.74. The molecule has 112 valence electrons. The Morgan fingerprint density at radius 1 is 1.29 bits per heavy atom. The summed E-state index contributed by atoms with van der Waals surface area (Å²) in [6.45, 7) is 3.59.